The Morgan fingerprint density at radius 3 is 2.32 bits per heavy atom. The number of nitrogens with zero attached hydrogens (tertiary/aromatic N) is 2. The molecular weight excluding hydrogens is 304 g/mol. The maximum Gasteiger partial charge on any atom is 0.235 e. The monoisotopic (exact) mass is 320 g/mol. The molecule has 0 unspecified atom stereocenters. The summed E-state index contributed by atoms with van der Waals surface area (Å²) in [5.74, 6) is 0.809. The summed E-state index contributed by atoms with van der Waals surface area (Å²) in [6, 6.07) is 14.1. The molecule has 0 aliphatic rings. The number of para-hydroxylation sites is 3. The quantitative estimate of drug-likeness (QED) is 0.384. The van der Waals surface area contributed by atoms with E-state index in [1.807, 2.05) is 37.4 Å². The topological polar surface area (TPSA) is 83.2 Å². The Bertz CT molecular complexity index is 915. The van der Waals surface area contributed by atoms with Crippen LogP contribution < -0.4 is 9.30 Å². The van der Waals surface area contributed by atoms with Gasteiger partial charge in [-0.05, 0) is 12.1 Å². The van der Waals surface area contributed by atoms with Crippen LogP contribution >= 0.6 is 0 Å². The Hall–Kier alpha value is -2.25. The summed E-state index contributed by atoms with van der Waals surface area (Å²) in [6.07, 6.45) is 0.604. The van der Waals surface area contributed by atoms with Crippen molar-refractivity contribution in [3.8, 4) is 5.75 Å². The van der Waals surface area contributed by atoms with Crippen LogP contribution in [0.3, 0.4) is 0 Å². The maximum absolute atomic E-state index is 9.08. The van der Waals surface area contributed by atoms with Crippen molar-refractivity contribution in [2.24, 2.45) is 7.05 Å². The van der Waals surface area contributed by atoms with E-state index >= 15 is 0 Å². The van der Waals surface area contributed by atoms with Crippen molar-refractivity contribution in [2.45, 2.75) is 0 Å². The van der Waals surface area contributed by atoms with Crippen molar-refractivity contribution in [2.75, 3.05) is 13.4 Å². The van der Waals surface area contributed by atoms with Crippen LogP contribution in [0.4, 0.5) is 0 Å². The smallest absolute Gasteiger partial charge is 0.235 e. The zero-order valence-electron chi connectivity index (χ0n) is 12.5. The number of rotatable bonds is 1. The molecule has 0 bridgehead atoms. The lowest BCUT2D eigenvalue weighted by atomic mass is 10.2. The van der Waals surface area contributed by atoms with Crippen LogP contribution in [-0.2, 0) is 17.2 Å². The third-order valence-electron chi connectivity index (χ3n) is 3.03. The van der Waals surface area contributed by atoms with E-state index < -0.39 is 10.1 Å². The summed E-state index contributed by atoms with van der Waals surface area (Å²) in [7, 11) is -0.197. The lowest BCUT2D eigenvalue weighted by Crippen LogP contribution is -2.30. The van der Waals surface area contributed by atoms with Crippen LogP contribution in [0.5, 0.6) is 5.75 Å². The van der Waals surface area contributed by atoms with Crippen molar-refractivity contribution in [3.05, 3.63) is 42.5 Å². The molecule has 0 N–H and O–H groups in total. The Morgan fingerprint density at radius 2 is 1.68 bits per heavy atom. The van der Waals surface area contributed by atoms with Gasteiger partial charge >= 0.3 is 0 Å². The van der Waals surface area contributed by atoms with Crippen molar-refractivity contribution in [1.29, 1.82) is 0 Å². The van der Waals surface area contributed by atoms with E-state index in [1.54, 1.807) is 7.11 Å². The van der Waals surface area contributed by atoms with Gasteiger partial charge < -0.3 is 9.29 Å². The molecule has 3 aromatic rings. The van der Waals surface area contributed by atoms with Crippen molar-refractivity contribution in [3.63, 3.8) is 0 Å². The fraction of sp³-hybridized carbons (Fsp3) is 0.200. The summed E-state index contributed by atoms with van der Waals surface area (Å²) in [5, 5.41) is 0. The molecular formula is C15H16N2O4S. The summed E-state index contributed by atoms with van der Waals surface area (Å²) in [6.45, 7) is 0. The van der Waals surface area contributed by atoms with E-state index in [4.69, 9.17) is 17.7 Å². The van der Waals surface area contributed by atoms with Gasteiger partial charge in [0.05, 0.1) is 17.2 Å². The molecule has 2 aromatic carbocycles. The number of aryl methyl sites for hydroxylation is 1. The highest BCUT2D eigenvalue weighted by Crippen LogP contribution is 2.22. The highest BCUT2D eigenvalue weighted by Gasteiger charge is 2.15. The average Bonchev–Trinajstić information content (AvgIpc) is 2.45. The first-order chi connectivity index (χ1) is 10.3. The van der Waals surface area contributed by atoms with Gasteiger partial charge in [-0.3, -0.25) is 0 Å². The van der Waals surface area contributed by atoms with E-state index in [9.17, 15) is 0 Å². The molecule has 0 radical (unpaired) electrons. The molecule has 1 heterocycles. The average molecular weight is 320 g/mol. The minimum Gasteiger partial charge on any atom is -0.748 e. The number of aromatic nitrogens is 2. The fourth-order valence-electron chi connectivity index (χ4n) is 2.15. The number of fused-ring (bicyclic) bond motifs is 2. The molecule has 116 valence electrons. The van der Waals surface area contributed by atoms with E-state index in [2.05, 4.69) is 21.7 Å². The second kappa shape index (κ2) is 6.25. The molecule has 0 saturated carbocycles. The summed E-state index contributed by atoms with van der Waals surface area (Å²) < 4.78 is 34.7. The molecule has 7 heteroatoms. The molecule has 6 nitrogen and oxygen atoms in total. The number of hydrogen-bond donors (Lipinski definition) is 0. The first-order valence-corrected chi connectivity index (χ1v) is 8.25. The molecule has 0 aliphatic heterocycles. The van der Waals surface area contributed by atoms with E-state index in [0.29, 0.717) is 6.26 Å². The first kappa shape index (κ1) is 16.1. The largest absolute Gasteiger partial charge is 0.748 e. The Kier molecular flexibility index (Phi) is 4.58. The third kappa shape index (κ3) is 3.69. The zero-order chi connectivity index (χ0) is 16.3. The van der Waals surface area contributed by atoms with Crippen molar-refractivity contribution < 1.29 is 22.3 Å². The normalized spacial score (nSPS) is 11.1. The molecule has 0 fully saturated rings. The maximum atomic E-state index is 9.08. The van der Waals surface area contributed by atoms with Gasteiger partial charge in [-0.1, -0.05) is 18.2 Å². The SMILES string of the molecule is COc1cccc2c1nc1ccccc1[n+]2C.CS(=O)(=O)[O-]. The minimum atomic E-state index is -3.92. The Labute approximate surface area is 128 Å². The van der Waals surface area contributed by atoms with Crippen molar-refractivity contribution >= 4 is 32.2 Å². The molecule has 0 saturated heterocycles. The van der Waals surface area contributed by atoms with Gasteiger partial charge in [0, 0.05) is 18.4 Å². The number of hydrogen-bond acceptors (Lipinski definition) is 5. The van der Waals surface area contributed by atoms with Gasteiger partial charge in [0.2, 0.25) is 11.0 Å². The molecule has 0 amide bonds. The molecule has 0 atom stereocenters. The molecule has 3 rings (SSSR count). The van der Waals surface area contributed by atoms with Crippen LogP contribution in [0.25, 0.3) is 22.1 Å². The predicted molar refractivity (Wildman–Crippen MR) is 82.6 cm³/mol. The van der Waals surface area contributed by atoms with E-state index in [-0.39, 0.29) is 0 Å². The number of benzene rings is 2. The number of methoxy groups -OCH3 is 1. The van der Waals surface area contributed by atoms with Gasteiger partial charge in [0.25, 0.3) is 0 Å². The second-order valence-electron chi connectivity index (χ2n) is 4.69. The molecule has 0 aliphatic carbocycles. The second-order valence-corrected chi connectivity index (χ2v) is 6.10. The summed E-state index contributed by atoms with van der Waals surface area (Å²) >= 11 is 0. The zero-order valence-corrected chi connectivity index (χ0v) is 13.3. The van der Waals surface area contributed by atoms with E-state index in [0.717, 1.165) is 27.8 Å². The molecule has 1 aromatic heterocycles. The van der Waals surface area contributed by atoms with Crippen LogP contribution in [0.2, 0.25) is 0 Å². The molecule has 22 heavy (non-hydrogen) atoms. The van der Waals surface area contributed by atoms with Crippen LogP contribution in [0.1, 0.15) is 0 Å². The standard InChI is InChI=1S/C14H13N2O.CH4O3S/c1-16-11-7-4-3-6-10(11)15-14-12(16)8-5-9-13(14)17-2;1-5(2,3)4/h3-9H,1-2H3;1H3,(H,2,3,4)/q+1;/p-1. The van der Waals surface area contributed by atoms with Crippen LogP contribution in [0, 0.1) is 0 Å². The minimum absolute atomic E-state index is 0.604. The Morgan fingerprint density at radius 1 is 1.09 bits per heavy atom. The number of ether oxygens (including phenoxy) is 1. The summed E-state index contributed by atoms with van der Waals surface area (Å²) in [5.41, 5.74) is 4.07. The highest BCUT2D eigenvalue weighted by atomic mass is 32.2. The lowest BCUT2D eigenvalue weighted by Gasteiger charge is -2.04. The van der Waals surface area contributed by atoms with Crippen LogP contribution in [0.15, 0.2) is 42.5 Å². The van der Waals surface area contributed by atoms with Crippen LogP contribution in [-0.4, -0.2) is 31.3 Å². The lowest BCUT2D eigenvalue weighted by molar-refractivity contribution is -0.617. The van der Waals surface area contributed by atoms with Gasteiger partial charge in [-0.2, -0.15) is 4.57 Å². The fourth-order valence-corrected chi connectivity index (χ4v) is 2.15. The van der Waals surface area contributed by atoms with Gasteiger partial charge in [0.15, 0.2) is 11.3 Å². The Balaban J connectivity index is 0.000000309. The van der Waals surface area contributed by atoms with Crippen molar-refractivity contribution in [1.82, 2.24) is 4.98 Å². The van der Waals surface area contributed by atoms with Gasteiger partial charge in [-0.25, -0.2) is 13.4 Å². The molecule has 0 spiro atoms. The predicted octanol–water partition coefficient (Wildman–Crippen LogP) is 1.38. The third-order valence-corrected chi connectivity index (χ3v) is 3.03. The van der Waals surface area contributed by atoms with Gasteiger partial charge in [-0.15, -0.1) is 0 Å². The van der Waals surface area contributed by atoms with E-state index in [1.165, 1.54) is 0 Å². The summed E-state index contributed by atoms with van der Waals surface area (Å²) in [4.78, 5) is 4.66. The first-order valence-electron chi connectivity index (χ1n) is 6.43. The highest BCUT2D eigenvalue weighted by molar-refractivity contribution is 7.84. The van der Waals surface area contributed by atoms with Gasteiger partial charge in [0.1, 0.15) is 12.6 Å².